The van der Waals surface area contributed by atoms with E-state index >= 15 is 0 Å². The molecule has 0 unspecified atom stereocenters. The van der Waals surface area contributed by atoms with Gasteiger partial charge in [0.2, 0.25) is 5.89 Å². The summed E-state index contributed by atoms with van der Waals surface area (Å²) >= 11 is 0.931. The summed E-state index contributed by atoms with van der Waals surface area (Å²) in [5, 5.41) is 8.68. The number of carboxylic acid groups (broad SMARTS) is 1. The summed E-state index contributed by atoms with van der Waals surface area (Å²) < 4.78 is 31.9. The number of carbonyl (C=O) groups is 1. The van der Waals surface area contributed by atoms with Crippen LogP contribution in [-0.4, -0.2) is 24.5 Å². The van der Waals surface area contributed by atoms with Crippen molar-refractivity contribution in [2.24, 2.45) is 0 Å². The Morgan fingerprint density at radius 1 is 1.48 bits per heavy atom. The smallest absolute Gasteiger partial charge is 0.308 e. The van der Waals surface area contributed by atoms with Crippen molar-refractivity contribution in [3.63, 3.8) is 0 Å². The number of hydrogen-bond acceptors (Lipinski definition) is 6. The predicted molar refractivity (Wildman–Crippen MR) is 75.6 cm³/mol. The summed E-state index contributed by atoms with van der Waals surface area (Å²) in [4.78, 5) is 15.0. The van der Waals surface area contributed by atoms with Crippen molar-refractivity contribution < 1.29 is 22.7 Å². The van der Waals surface area contributed by atoms with E-state index in [1.54, 1.807) is 6.20 Å². The zero-order valence-corrected chi connectivity index (χ0v) is 12.8. The maximum Gasteiger partial charge on any atom is 0.308 e. The first-order valence-electron chi connectivity index (χ1n) is 6.14. The van der Waals surface area contributed by atoms with Gasteiger partial charge >= 0.3 is 5.97 Å². The fourth-order valence-electron chi connectivity index (χ4n) is 1.57. The van der Waals surface area contributed by atoms with Gasteiger partial charge in [0.1, 0.15) is 9.97 Å². The molecule has 0 spiro atoms. The normalized spacial score (nSPS) is 11.7. The van der Waals surface area contributed by atoms with Gasteiger partial charge in [-0.1, -0.05) is 6.92 Å². The van der Waals surface area contributed by atoms with Crippen LogP contribution in [0, 0.1) is 0 Å². The van der Waals surface area contributed by atoms with Crippen LogP contribution in [0.3, 0.4) is 0 Å². The monoisotopic (exact) mass is 330 g/mol. The number of aromatic nitrogens is 1. The van der Waals surface area contributed by atoms with E-state index in [1.165, 1.54) is 12.1 Å². The van der Waals surface area contributed by atoms with Crippen molar-refractivity contribution >= 4 is 27.3 Å². The lowest BCUT2D eigenvalue weighted by atomic mass is 10.3. The Hall–Kier alpha value is -1.71. The van der Waals surface area contributed by atoms with Crippen LogP contribution in [0.25, 0.3) is 0 Å². The topological polar surface area (TPSA) is 110 Å². The van der Waals surface area contributed by atoms with Gasteiger partial charge in [0.15, 0.2) is 0 Å². The maximum absolute atomic E-state index is 12.1. The van der Waals surface area contributed by atoms with Gasteiger partial charge in [0, 0.05) is 11.3 Å². The molecule has 9 heteroatoms. The van der Waals surface area contributed by atoms with Crippen molar-refractivity contribution in [1.29, 1.82) is 0 Å². The largest absolute Gasteiger partial charge is 0.481 e. The zero-order valence-electron chi connectivity index (χ0n) is 11.2. The van der Waals surface area contributed by atoms with E-state index in [0.29, 0.717) is 17.1 Å². The number of carboxylic acids is 1. The van der Waals surface area contributed by atoms with Gasteiger partial charge in [-0.2, -0.15) is 0 Å². The van der Waals surface area contributed by atoms with Crippen molar-refractivity contribution in [1.82, 2.24) is 9.71 Å². The lowest BCUT2D eigenvalue weighted by Gasteiger charge is -2.01. The third kappa shape index (κ3) is 4.13. The molecule has 21 heavy (non-hydrogen) atoms. The van der Waals surface area contributed by atoms with Gasteiger partial charge in [0.05, 0.1) is 19.2 Å². The molecule has 0 aromatic carbocycles. The number of thiophene rings is 1. The number of oxazole rings is 1. The van der Waals surface area contributed by atoms with Crippen molar-refractivity contribution in [3.8, 4) is 0 Å². The quantitative estimate of drug-likeness (QED) is 0.794. The molecule has 0 atom stereocenters. The summed E-state index contributed by atoms with van der Waals surface area (Å²) in [6, 6.07) is 2.88. The van der Waals surface area contributed by atoms with Crippen LogP contribution in [0.15, 0.2) is 27.0 Å². The van der Waals surface area contributed by atoms with Gasteiger partial charge in [-0.25, -0.2) is 18.1 Å². The molecule has 2 rings (SSSR count). The Morgan fingerprint density at radius 3 is 2.86 bits per heavy atom. The Labute approximate surface area is 125 Å². The third-order valence-corrected chi connectivity index (χ3v) is 5.57. The van der Waals surface area contributed by atoms with Crippen LogP contribution in [0.4, 0.5) is 0 Å². The average Bonchev–Trinajstić information content (AvgIpc) is 3.04. The summed E-state index contributed by atoms with van der Waals surface area (Å²) in [5.74, 6) is -0.0255. The van der Waals surface area contributed by atoms with Crippen LogP contribution >= 0.6 is 11.3 Å². The van der Waals surface area contributed by atoms with E-state index in [1.807, 2.05) is 6.92 Å². The van der Waals surface area contributed by atoms with Gasteiger partial charge in [-0.05, 0) is 12.1 Å². The lowest BCUT2D eigenvalue weighted by Crippen LogP contribution is -2.22. The average molecular weight is 330 g/mol. The first-order chi connectivity index (χ1) is 9.90. The molecule has 2 N–H and O–H groups in total. The molecule has 7 nitrogen and oxygen atoms in total. The van der Waals surface area contributed by atoms with Crippen molar-refractivity contribution in [2.45, 2.75) is 30.5 Å². The SMILES string of the molecule is CCc1cnc(CNS(=O)(=O)c2ccc(CC(=O)O)s2)o1. The first kappa shape index (κ1) is 15.7. The van der Waals surface area contributed by atoms with E-state index < -0.39 is 16.0 Å². The molecule has 0 saturated heterocycles. The highest BCUT2D eigenvalue weighted by Crippen LogP contribution is 2.22. The molecule has 0 fully saturated rings. The van der Waals surface area contributed by atoms with Crippen LogP contribution in [0.2, 0.25) is 0 Å². The van der Waals surface area contributed by atoms with Crippen molar-refractivity contribution in [2.75, 3.05) is 0 Å². The van der Waals surface area contributed by atoms with Crippen LogP contribution < -0.4 is 4.72 Å². The number of aryl methyl sites for hydroxylation is 1. The lowest BCUT2D eigenvalue weighted by molar-refractivity contribution is -0.136. The zero-order chi connectivity index (χ0) is 15.5. The number of hydrogen-bond donors (Lipinski definition) is 2. The molecule has 2 heterocycles. The molecular weight excluding hydrogens is 316 g/mol. The minimum Gasteiger partial charge on any atom is -0.481 e. The Balaban J connectivity index is 2.04. The van der Waals surface area contributed by atoms with E-state index in [2.05, 4.69) is 9.71 Å². The number of nitrogens with zero attached hydrogens (tertiary/aromatic N) is 1. The van der Waals surface area contributed by atoms with Crippen LogP contribution in [0.1, 0.15) is 23.5 Å². The van der Waals surface area contributed by atoms with Crippen molar-refractivity contribution in [3.05, 3.63) is 34.9 Å². The predicted octanol–water partition coefficient (Wildman–Crippen LogP) is 1.40. The molecular formula is C12H14N2O5S2. The second-order valence-electron chi connectivity index (χ2n) is 4.19. The molecule has 0 aliphatic carbocycles. The second-order valence-corrected chi connectivity index (χ2v) is 7.35. The van der Waals surface area contributed by atoms with Crippen LogP contribution in [-0.2, 0) is 34.2 Å². The fraction of sp³-hybridized carbons (Fsp3) is 0.333. The molecule has 2 aromatic rings. The Bertz CT molecular complexity index is 732. The highest BCUT2D eigenvalue weighted by atomic mass is 32.2. The fourth-order valence-corrected chi connectivity index (χ4v) is 3.93. The maximum atomic E-state index is 12.1. The number of sulfonamides is 1. The highest BCUT2D eigenvalue weighted by Gasteiger charge is 2.18. The summed E-state index contributed by atoms with van der Waals surface area (Å²) in [7, 11) is -3.70. The van der Waals surface area contributed by atoms with E-state index in [4.69, 9.17) is 9.52 Å². The molecule has 114 valence electrons. The second kappa shape index (κ2) is 6.37. The van der Waals surface area contributed by atoms with Gasteiger partial charge in [0.25, 0.3) is 10.0 Å². The van der Waals surface area contributed by atoms with E-state index in [0.717, 1.165) is 11.3 Å². The summed E-state index contributed by atoms with van der Waals surface area (Å²) in [6.45, 7) is 1.86. The summed E-state index contributed by atoms with van der Waals surface area (Å²) in [5.41, 5.74) is 0. The number of aliphatic carboxylic acids is 1. The Kier molecular flexibility index (Phi) is 4.76. The first-order valence-corrected chi connectivity index (χ1v) is 8.44. The number of rotatable bonds is 7. The van der Waals surface area contributed by atoms with Gasteiger partial charge in [-0.3, -0.25) is 4.79 Å². The van der Waals surface area contributed by atoms with E-state index in [-0.39, 0.29) is 23.1 Å². The van der Waals surface area contributed by atoms with Gasteiger partial charge in [-0.15, -0.1) is 11.3 Å². The van der Waals surface area contributed by atoms with E-state index in [9.17, 15) is 13.2 Å². The summed E-state index contributed by atoms with van der Waals surface area (Å²) in [6.07, 6.45) is 2.04. The standard InChI is InChI=1S/C12H14N2O5S2/c1-2-8-6-13-10(19-8)7-14-21(17,18)12-4-3-9(20-12)5-11(15)16/h3-4,6,14H,2,5,7H2,1H3,(H,15,16). The molecule has 0 radical (unpaired) electrons. The van der Waals surface area contributed by atoms with Gasteiger partial charge < -0.3 is 9.52 Å². The van der Waals surface area contributed by atoms with Crippen LogP contribution in [0.5, 0.6) is 0 Å². The Morgan fingerprint density at radius 2 is 2.24 bits per heavy atom. The third-order valence-electron chi connectivity index (χ3n) is 2.59. The minimum atomic E-state index is -3.70. The molecule has 0 aliphatic heterocycles. The molecule has 0 amide bonds. The molecule has 0 aliphatic rings. The molecule has 2 aromatic heterocycles. The highest BCUT2D eigenvalue weighted by molar-refractivity contribution is 7.91. The number of nitrogens with one attached hydrogen (secondary N) is 1. The minimum absolute atomic E-state index is 0.0471. The molecule has 0 bridgehead atoms. The molecule has 0 saturated carbocycles.